The second-order valence-corrected chi connectivity index (χ2v) is 8.08. The molecule has 2 aromatic rings. The molecule has 0 aliphatic carbocycles. The molecule has 0 aromatic heterocycles. The van der Waals surface area contributed by atoms with E-state index >= 15 is 0 Å². The lowest BCUT2D eigenvalue weighted by molar-refractivity contribution is 0.316. The van der Waals surface area contributed by atoms with Gasteiger partial charge in [-0.1, -0.05) is 36.4 Å². The summed E-state index contributed by atoms with van der Waals surface area (Å²) in [5, 5.41) is 0. The third kappa shape index (κ3) is 9.93. The predicted octanol–water partition coefficient (Wildman–Crippen LogP) is 4.77. The molecule has 0 amide bonds. The highest BCUT2D eigenvalue weighted by molar-refractivity contribution is 7.79. The van der Waals surface area contributed by atoms with E-state index in [0.29, 0.717) is 0 Å². The first-order chi connectivity index (χ1) is 14.6. The van der Waals surface area contributed by atoms with Gasteiger partial charge in [0.25, 0.3) is 0 Å². The van der Waals surface area contributed by atoms with Crippen LogP contribution in [-0.2, 0) is 10.4 Å². The highest BCUT2D eigenvalue weighted by Crippen LogP contribution is 2.22. The molecule has 0 aliphatic rings. The zero-order chi connectivity index (χ0) is 24.0. The largest absolute Gasteiger partial charge is 0.759 e. The maximum atomic E-state index is 8.52. The molecule has 176 valence electrons. The summed E-state index contributed by atoms with van der Waals surface area (Å²) in [6.45, 7) is 20.6. The molecule has 0 N–H and O–H groups in total. The van der Waals surface area contributed by atoms with Crippen LogP contribution >= 0.6 is 0 Å². The quantitative estimate of drug-likeness (QED) is 0.328. The van der Waals surface area contributed by atoms with Gasteiger partial charge in [-0.3, -0.25) is 17.4 Å². The Morgan fingerprint density at radius 2 is 0.742 bits per heavy atom. The van der Waals surface area contributed by atoms with Crippen LogP contribution in [0.5, 0.6) is 0 Å². The molecule has 0 unspecified atom stereocenters. The Bertz CT molecular complexity index is 724. The van der Waals surface area contributed by atoms with Gasteiger partial charge >= 0.3 is 0 Å². The SMILES string of the molecule is CC[N+](CC)(CC)c1ccccc1.CC[N+](CC)(CC)c1ccccc1.O=S(=O)([O-])[O-]. The average molecular weight is 453 g/mol. The van der Waals surface area contributed by atoms with Crippen molar-refractivity contribution in [2.75, 3.05) is 39.3 Å². The number of hydrogen-bond acceptors (Lipinski definition) is 4. The first-order valence-electron chi connectivity index (χ1n) is 11.1. The van der Waals surface area contributed by atoms with E-state index in [1.807, 2.05) is 0 Å². The van der Waals surface area contributed by atoms with Gasteiger partial charge in [0.2, 0.25) is 0 Å². The molecule has 6 nitrogen and oxygen atoms in total. The molecule has 0 aliphatic heterocycles. The van der Waals surface area contributed by atoms with Crippen molar-refractivity contribution < 1.29 is 17.5 Å². The smallest absolute Gasteiger partial charge is 0.132 e. The summed E-state index contributed by atoms with van der Waals surface area (Å²) < 4.78 is 36.3. The molecule has 0 atom stereocenters. The number of nitrogens with zero attached hydrogens (tertiary/aromatic N) is 2. The first kappa shape index (κ1) is 29.2. The maximum absolute atomic E-state index is 8.52. The third-order valence-electron chi connectivity index (χ3n) is 6.24. The minimum absolute atomic E-state index is 1.10. The van der Waals surface area contributed by atoms with Crippen LogP contribution in [0.4, 0.5) is 11.4 Å². The van der Waals surface area contributed by atoms with Crippen molar-refractivity contribution in [1.82, 2.24) is 8.97 Å². The summed E-state index contributed by atoms with van der Waals surface area (Å²) in [4.78, 5) is 0. The summed E-state index contributed by atoms with van der Waals surface area (Å²) in [6.07, 6.45) is 0. The van der Waals surface area contributed by atoms with Gasteiger partial charge in [0.05, 0.1) is 39.3 Å². The number of para-hydroxylation sites is 2. The summed E-state index contributed by atoms with van der Waals surface area (Å²) in [6, 6.07) is 21.6. The molecule has 0 spiro atoms. The highest BCUT2D eigenvalue weighted by Gasteiger charge is 2.23. The van der Waals surface area contributed by atoms with Crippen molar-refractivity contribution in [3.8, 4) is 0 Å². The Balaban J connectivity index is 0.000000479. The van der Waals surface area contributed by atoms with Crippen LogP contribution in [0.25, 0.3) is 0 Å². The van der Waals surface area contributed by atoms with Crippen molar-refractivity contribution in [3.63, 3.8) is 0 Å². The number of benzene rings is 2. The summed E-state index contributed by atoms with van der Waals surface area (Å²) >= 11 is 0. The lowest BCUT2D eigenvalue weighted by Crippen LogP contribution is -2.48. The van der Waals surface area contributed by atoms with Crippen molar-refractivity contribution in [2.45, 2.75) is 41.5 Å². The topological polar surface area (TPSA) is 80.3 Å². The normalized spacial score (nSPS) is 11.6. The standard InChI is InChI=1S/2C12H20N.H2O4S/c2*1-4-13(5-2,6-3)12-10-8-7-9-11-12;1-5(2,3)4/h2*7-11H,4-6H2,1-3H3;(H2,1,2,3,4)/q2*+1;/p-2. The fourth-order valence-electron chi connectivity index (χ4n) is 3.93. The van der Waals surface area contributed by atoms with Gasteiger partial charge in [0.15, 0.2) is 0 Å². The lowest BCUT2D eigenvalue weighted by atomic mass is 10.2. The van der Waals surface area contributed by atoms with Crippen LogP contribution < -0.4 is 8.97 Å². The fraction of sp³-hybridized carbons (Fsp3) is 0.500. The number of rotatable bonds is 8. The lowest BCUT2D eigenvalue weighted by Gasteiger charge is -2.35. The zero-order valence-electron chi connectivity index (χ0n) is 20.0. The molecule has 0 fully saturated rings. The van der Waals surface area contributed by atoms with E-state index in [-0.39, 0.29) is 0 Å². The third-order valence-corrected chi connectivity index (χ3v) is 6.24. The van der Waals surface area contributed by atoms with Crippen LogP contribution in [0, 0.1) is 0 Å². The summed E-state index contributed by atoms with van der Waals surface area (Å²) in [5.41, 5.74) is 2.88. The van der Waals surface area contributed by atoms with Crippen molar-refractivity contribution in [3.05, 3.63) is 60.7 Å². The molecule has 0 bridgehead atoms. The van der Waals surface area contributed by atoms with Gasteiger partial charge in [-0.25, -0.2) is 0 Å². The second-order valence-electron chi connectivity index (χ2n) is 7.27. The molecular weight excluding hydrogens is 412 g/mol. The molecular formula is C24H40N2O4S. The van der Waals surface area contributed by atoms with Gasteiger partial charge < -0.3 is 9.11 Å². The van der Waals surface area contributed by atoms with Crippen LogP contribution in [0.3, 0.4) is 0 Å². The van der Waals surface area contributed by atoms with E-state index < -0.39 is 10.4 Å². The van der Waals surface area contributed by atoms with E-state index in [4.69, 9.17) is 17.5 Å². The van der Waals surface area contributed by atoms with Crippen molar-refractivity contribution >= 4 is 21.8 Å². The maximum Gasteiger partial charge on any atom is 0.132 e. The van der Waals surface area contributed by atoms with Gasteiger partial charge in [-0.15, -0.1) is 0 Å². The molecule has 0 saturated carbocycles. The minimum atomic E-state index is -5.17. The monoisotopic (exact) mass is 452 g/mol. The number of quaternary nitrogens is 2. The first-order valence-corrected chi connectivity index (χ1v) is 12.4. The van der Waals surface area contributed by atoms with Crippen molar-refractivity contribution in [2.24, 2.45) is 0 Å². The van der Waals surface area contributed by atoms with E-state index in [1.165, 1.54) is 50.6 Å². The Kier molecular flexibility index (Phi) is 13.5. The van der Waals surface area contributed by atoms with Gasteiger partial charge in [0.1, 0.15) is 11.4 Å². The van der Waals surface area contributed by atoms with Crippen LogP contribution in [0.1, 0.15) is 41.5 Å². The molecule has 0 radical (unpaired) electrons. The van der Waals surface area contributed by atoms with E-state index in [0.717, 1.165) is 8.97 Å². The average Bonchev–Trinajstić information content (AvgIpc) is 2.78. The van der Waals surface area contributed by atoms with Gasteiger partial charge in [0, 0.05) is 10.4 Å². The predicted molar refractivity (Wildman–Crippen MR) is 130 cm³/mol. The Morgan fingerprint density at radius 3 is 0.903 bits per heavy atom. The molecule has 0 heterocycles. The zero-order valence-corrected chi connectivity index (χ0v) is 20.8. The Labute approximate surface area is 189 Å². The molecule has 2 aromatic carbocycles. The van der Waals surface area contributed by atoms with E-state index in [2.05, 4.69) is 102 Å². The second kappa shape index (κ2) is 14.3. The van der Waals surface area contributed by atoms with Crippen LogP contribution in [0.2, 0.25) is 0 Å². The van der Waals surface area contributed by atoms with Crippen LogP contribution in [-0.4, -0.2) is 56.8 Å². The number of hydrogen-bond donors (Lipinski definition) is 0. The fourth-order valence-corrected chi connectivity index (χ4v) is 3.93. The highest BCUT2D eigenvalue weighted by atomic mass is 32.3. The molecule has 7 heteroatoms. The summed E-state index contributed by atoms with van der Waals surface area (Å²) in [5.74, 6) is 0. The Morgan fingerprint density at radius 1 is 0.548 bits per heavy atom. The molecule has 2 rings (SSSR count). The van der Waals surface area contributed by atoms with Gasteiger partial charge in [-0.2, -0.15) is 0 Å². The van der Waals surface area contributed by atoms with E-state index in [1.54, 1.807) is 0 Å². The van der Waals surface area contributed by atoms with Crippen LogP contribution in [0.15, 0.2) is 60.7 Å². The van der Waals surface area contributed by atoms with Crippen molar-refractivity contribution in [1.29, 1.82) is 0 Å². The van der Waals surface area contributed by atoms with Gasteiger partial charge in [-0.05, 0) is 65.8 Å². The molecule has 0 saturated heterocycles. The Hall–Kier alpha value is -1.77. The molecule has 31 heavy (non-hydrogen) atoms. The minimum Gasteiger partial charge on any atom is -0.759 e. The van der Waals surface area contributed by atoms with E-state index in [9.17, 15) is 0 Å². The summed E-state index contributed by atoms with van der Waals surface area (Å²) in [7, 11) is -5.17.